The van der Waals surface area contributed by atoms with E-state index in [1.807, 2.05) is 23.1 Å². The average molecular weight is 477 g/mol. The molecule has 5 heteroatoms. The Morgan fingerprint density at radius 1 is 1.03 bits per heavy atom. The summed E-state index contributed by atoms with van der Waals surface area (Å²) in [6, 6.07) is 16.4. The number of carbonyl (C=O) groups excluding carboxylic acids is 1. The van der Waals surface area contributed by atoms with E-state index < -0.39 is 5.97 Å². The summed E-state index contributed by atoms with van der Waals surface area (Å²) < 4.78 is 0. The van der Waals surface area contributed by atoms with Gasteiger partial charge >= 0.3 is 5.97 Å². The van der Waals surface area contributed by atoms with Crippen molar-refractivity contribution in [2.24, 2.45) is 11.8 Å². The second kappa shape index (κ2) is 11.9. The van der Waals surface area contributed by atoms with Gasteiger partial charge in [-0.05, 0) is 73.2 Å². The van der Waals surface area contributed by atoms with E-state index in [2.05, 4.69) is 49.5 Å². The lowest BCUT2D eigenvalue weighted by atomic mass is 9.78. The number of aliphatic carboxylic acids is 1. The number of nitrogens with zero attached hydrogens (tertiary/aromatic N) is 1. The Hall–Kier alpha value is -2.66. The van der Waals surface area contributed by atoms with E-state index in [9.17, 15) is 14.7 Å². The van der Waals surface area contributed by atoms with Crippen molar-refractivity contribution in [1.29, 1.82) is 0 Å². The minimum Gasteiger partial charge on any atom is -0.481 e. The average Bonchev–Trinajstić information content (AvgIpc) is 2.99. The van der Waals surface area contributed by atoms with Gasteiger partial charge in [0.25, 0.3) is 0 Å². The molecule has 2 aromatic carbocycles. The highest BCUT2D eigenvalue weighted by Crippen LogP contribution is 2.32. The number of anilines is 1. The number of hydrogen-bond donors (Lipinski definition) is 2. The summed E-state index contributed by atoms with van der Waals surface area (Å²) in [5.41, 5.74) is 4.58. The zero-order valence-corrected chi connectivity index (χ0v) is 21.2. The lowest BCUT2D eigenvalue weighted by molar-refractivity contribution is -0.144. The molecule has 2 aliphatic rings. The first-order valence-electron chi connectivity index (χ1n) is 13.4. The van der Waals surface area contributed by atoms with Crippen LogP contribution in [0.4, 0.5) is 5.69 Å². The molecule has 188 valence electrons. The van der Waals surface area contributed by atoms with Gasteiger partial charge in [0.1, 0.15) is 0 Å². The molecule has 0 saturated heterocycles. The van der Waals surface area contributed by atoms with Gasteiger partial charge in [0.05, 0.1) is 18.5 Å². The van der Waals surface area contributed by atoms with Gasteiger partial charge in [0.15, 0.2) is 0 Å². The molecule has 2 N–H and O–H groups in total. The smallest absolute Gasteiger partial charge is 0.306 e. The van der Waals surface area contributed by atoms with Crippen LogP contribution < -0.4 is 10.2 Å². The molecule has 2 atom stereocenters. The van der Waals surface area contributed by atoms with E-state index in [4.69, 9.17) is 0 Å². The molecule has 35 heavy (non-hydrogen) atoms. The zero-order chi connectivity index (χ0) is 24.8. The van der Waals surface area contributed by atoms with Gasteiger partial charge in [-0.3, -0.25) is 9.59 Å². The normalized spacial score (nSPS) is 19.9. The number of rotatable bonds is 9. The molecular formula is C30H40N2O3. The third kappa shape index (κ3) is 6.32. The number of hydrogen-bond acceptors (Lipinski definition) is 3. The van der Waals surface area contributed by atoms with E-state index >= 15 is 0 Å². The molecule has 0 spiro atoms. The van der Waals surface area contributed by atoms with Crippen molar-refractivity contribution >= 4 is 17.6 Å². The number of amides is 1. The highest BCUT2D eigenvalue weighted by atomic mass is 16.4. The number of fused-ring (bicyclic) bond motifs is 1. The van der Waals surface area contributed by atoms with Gasteiger partial charge in [0, 0.05) is 5.69 Å². The van der Waals surface area contributed by atoms with Crippen LogP contribution in [0.5, 0.6) is 0 Å². The predicted molar refractivity (Wildman–Crippen MR) is 141 cm³/mol. The van der Waals surface area contributed by atoms with Crippen LogP contribution in [-0.4, -0.2) is 29.6 Å². The minimum absolute atomic E-state index is 0.0763. The second-order valence-corrected chi connectivity index (χ2v) is 10.6. The molecular weight excluding hydrogens is 436 g/mol. The first-order valence-corrected chi connectivity index (χ1v) is 13.4. The molecule has 5 nitrogen and oxygen atoms in total. The van der Waals surface area contributed by atoms with Crippen LogP contribution in [0.15, 0.2) is 48.5 Å². The molecule has 2 aromatic rings. The Labute approximate surface area is 209 Å². The van der Waals surface area contributed by atoms with E-state index in [0.717, 1.165) is 49.8 Å². The maximum atomic E-state index is 13.7. The van der Waals surface area contributed by atoms with Gasteiger partial charge in [-0.25, -0.2) is 0 Å². The van der Waals surface area contributed by atoms with E-state index in [0.29, 0.717) is 25.4 Å². The van der Waals surface area contributed by atoms with Crippen LogP contribution in [0.3, 0.4) is 0 Å². The molecule has 0 radical (unpaired) electrons. The Balaban J connectivity index is 1.46. The predicted octanol–water partition coefficient (Wildman–Crippen LogP) is 5.92. The lowest BCUT2D eigenvalue weighted by Gasteiger charge is -2.29. The second-order valence-electron chi connectivity index (χ2n) is 10.6. The number of para-hydroxylation sites is 1. The Kier molecular flexibility index (Phi) is 8.61. The SMILES string of the molecule is CC(C)c1ccc(CN2C(=O)C(NCCC(C(=O)O)C3CCCCC3)CCc3ccccc32)cc1. The van der Waals surface area contributed by atoms with Crippen molar-refractivity contribution < 1.29 is 14.7 Å². The molecule has 1 aliphatic carbocycles. The summed E-state index contributed by atoms with van der Waals surface area (Å²) >= 11 is 0. The molecule has 1 amide bonds. The molecule has 1 saturated carbocycles. The van der Waals surface area contributed by atoms with Crippen molar-refractivity contribution in [3.8, 4) is 0 Å². The maximum absolute atomic E-state index is 13.7. The van der Waals surface area contributed by atoms with Crippen LogP contribution in [0.25, 0.3) is 0 Å². The summed E-state index contributed by atoms with van der Waals surface area (Å²) in [5.74, 6) is -0.197. The van der Waals surface area contributed by atoms with Crippen molar-refractivity contribution in [2.75, 3.05) is 11.4 Å². The van der Waals surface area contributed by atoms with E-state index in [1.54, 1.807) is 0 Å². The highest BCUT2D eigenvalue weighted by Gasteiger charge is 2.32. The molecule has 1 fully saturated rings. The molecule has 0 aromatic heterocycles. The number of carbonyl (C=O) groups is 2. The van der Waals surface area contributed by atoms with Crippen LogP contribution in [0, 0.1) is 11.8 Å². The Morgan fingerprint density at radius 3 is 2.43 bits per heavy atom. The number of benzene rings is 2. The van der Waals surface area contributed by atoms with Crippen molar-refractivity contribution in [3.05, 3.63) is 65.2 Å². The van der Waals surface area contributed by atoms with Gasteiger partial charge < -0.3 is 15.3 Å². The van der Waals surface area contributed by atoms with Crippen molar-refractivity contribution in [1.82, 2.24) is 5.32 Å². The van der Waals surface area contributed by atoms with Gasteiger partial charge in [-0.2, -0.15) is 0 Å². The summed E-state index contributed by atoms with van der Waals surface area (Å²) in [7, 11) is 0. The Morgan fingerprint density at radius 2 is 1.74 bits per heavy atom. The van der Waals surface area contributed by atoms with Gasteiger partial charge in [0.2, 0.25) is 5.91 Å². The summed E-state index contributed by atoms with van der Waals surface area (Å²) in [6.07, 6.45) is 7.63. The van der Waals surface area contributed by atoms with Gasteiger partial charge in [-0.15, -0.1) is 0 Å². The molecule has 4 rings (SSSR count). The van der Waals surface area contributed by atoms with Crippen LogP contribution in [0.1, 0.15) is 81.4 Å². The van der Waals surface area contributed by atoms with E-state index in [-0.39, 0.29) is 23.8 Å². The standard InChI is InChI=1S/C30H40N2O3/c1-21(2)23-14-12-22(13-15-23)20-32-28-11-7-6-10-25(28)16-17-27(29(32)33)31-19-18-26(30(34)35)24-8-4-3-5-9-24/h6-7,10-15,21,24,26-27,31H,3-5,8-9,16-20H2,1-2H3,(H,34,35). The summed E-state index contributed by atoms with van der Waals surface area (Å²) in [5, 5.41) is 13.3. The zero-order valence-electron chi connectivity index (χ0n) is 21.2. The number of aryl methyl sites for hydroxylation is 1. The van der Waals surface area contributed by atoms with Crippen LogP contribution >= 0.6 is 0 Å². The molecule has 0 bridgehead atoms. The third-order valence-corrected chi connectivity index (χ3v) is 7.92. The van der Waals surface area contributed by atoms with E-state index in [1.165, 1.54) is 17.5 Å². The molecule has 2 unspecified atom stereocenters. The fraction of sp³-hybridized carbons (Fsp3) is 0.533. The highest BCUT2D eigenvalue weighted by molar-refractivity contribution is 5.98. The molecule has 1 heterocycles. The maximum Gasteiger partial charge on any atom is 0.306 e. The fourth-order valence-electron chi connectivity index (χ4n) is 5.77. The fourth-order valence-corrected chi connectivity index (χ4v) is 5.77. The lowest BCUT2D eigenvalue weighted by Crippen LogP contribution is -2.46. The summed E-state index contributed by atoms with van der Waals surface area (Å²) in [6.45, 7) is 5.45. The number of carboxylic acids is 1. The van der Waals surface area contributed by atoms with Crippen LogP contribution in [0.2, 0.25) is 0 Å². The number of nitrogens with one attached hydrogen (secondary N) is 1. The summed E-state index contributed by atoms with van der Waals surface area (Å²) in [4.78, 5) is 27.6. The first kappa shape index (κ1) is 25.4. The molecule has 1 aliphatic heterocycles. The van der Waals surface area contributed by atoms with Crippen molar-refractivity contribution in [2.45, 2.75) is 83.7 Å². The van der Waals surface area contributed by atoms with Gasteiger partial charge in [-0.1, -0.05) is 75.6 Å². The number of carboxylic acid groups (broad SMARTS) is 1. The Bertz CT molecular complexity index is 995. The minimum atomic E-state index is -0.690. The topological polar surface area (TPSA) is 69.6 Å². The third-order valence-electron chi connectivity index (χ3n) is 7.92. The first-order chi connectivity index (χ1) is 16.9. The monoisotopic (exact) mass is 476 g/mol. The van der Waals surface area contributed by atoms with Crippen molar-refractivity contribution in [3.63, 3.8) is 0 Å². The largest absolute Gasteiger partial charge is 0.481 e. The quantitative estimate of drug-likeness (QED) is 0.471. The van der Waals surface area contributed by atoms with Crippen LogP contribution in [-0.2, 0) is 22.6 Å².